The predicted octanol–water partition coefficient (Wildman–Crippen LogP) is 8.93. The molecule has 0 N–H and O–H groups in total. The number of fused-ring (bicyclic) bond motifs is 2. The SMILES string of the molecule is FC(F)(F)c1cc(SSc2cc(C(F)(F)F)nc3c(Cl)cccc23)c2cccc(Cl)c2n1. The average Bonchev–Trinajstić information content (AvgIpc) is 2.71. The molecule has 0 unspecified atom stereocenters. The van der Waals surface area contributed by atoms with Crippen LogP contribution in [0.15, 0.2) is 58.3 Å². The Morgan fingerprint density at radius 2 is 1.00 bits per heavy atom. The van der Waals surface area contributed by atoms with Crippen LogP contribution in [0.5, 0.6) is 0 Å². The summed E-state index contributed by atoms with van der Waals surface area (Å²) >= 11 is 12.1. The number of hydrogen-bond donors (Lipinski definition) is 0. The monoisotopic (exact) mass is 524 g/mol. The molecule has 4 rings (SSSR count). The molecule has 2 aromatic carbocycles. The summed E-state index contributed by atoms with van der Waals surface area (Å²) in [4.78, 5) is 7.52. The van der Waals surface area contributed by atoms with Gasteiger partial charge >= 0.3 is 12.4 Å². The molecular formula is C20H8Cl2F6N2S2. The van der Waals surface area contributed by atoms with Gasteiger partial charge in [-0.2, -0.15) is 26.3 Å². The minimum atomic E-state index is -4.73. The molecule has 0 saturated heterocycles. The minimum absolute atomic E-state index is 0.0287. The first-order chi connectivity index (χ1) is 14.9. The van der Waals surface area contributed by atoms with Gasteiger partial charge in [0.25, 0.3) is 0 Å². The highest BCUT2D eigenvalue weighted by Gasteiger charge is 2.35. The highest BCUT2D eigenvalue weighted by atomic mass is 35.5. The average molecular weight is 525 g/mol. The Hall–Kier alpha value is -1.88. The Labute approximate surface area is 194 Å². The van der Waals surface area contributed by atoms with Crippen molar-refractivity contribution in [2.24, 2.45) is 0 Å². The topological polar surface area (TPSA) is 25.8 Å². The van der Waals surface area contributed by atoms with Gasteiger partial charge in [-0.1, -0.05) is 69.1 Å². The highest BCUT2D eigenvalue weighted by Crippen LogP contribution is 2.46. The van der Waals surface area contributed by atoms with Crippen LogP contribution in [0.4, 0.5) is 26.3 Å². The molecule has 12 heteroatoms. The number of rotatable bonds is 3. The molecule has 32 heavy (non-hydrogen) atoms. The van der Waals surface area contributed by atoms with Crippen LogP contribution >= 0.6 is 44.8 Å². The van der Waals surface area contributed by atoms with E-state index in [0.717, 1.165) is 33.7 Å². The summed E-state index contributed by atoms with van der Waals surface area (Å²) in [6.07, 6.45) is -9.46. The van der Waals surface area contributed by atoms with Crippen molar-refractivity contribution >= 4 is 66.6 Å². The zero-order valence-corrected chi connectivity index (χ0v) is 18.5. The second-order valence-corrected chi connectivity index (χ2v) is 9.47. The van der Waals surface area contributed by atoms with Crippen molar-refractivity contribution in [2.45, 2.75) is 22.1 Å². The molecule has 4 aromatic rings. The molecular weight excluding hydrogens is 517 g/mol. The predicted molar refractivity (Wildman–Crippen MR) is 115 cm³/mol. The Kier molecular flexibility index (Phi) is 6.17. The van der Waals surface area contributed by atoms with Gasteiger partial charge in [0.2, 0.25) is 0 Å². The summed E-state index contributed by atoms with van der Waals surface area (Å²) in [5, 5.41) is 0.743. The lowest BCUT2D eigenvalue weighted by molar-refractivity contribution is -0.141. The molecule has 0 atom stereocenters. The third-order valence-electron chi connectivity index (χ3n) is 4.31. The molecule has 0 spiro atoms. The van der Waals surface area contributed by atoms with E-state index >= 15 is 0 Å². The van der Waals surface area contributed by atoms with Crippen LogP contribution < -0.4 is 0 Å². The van der Waals surface area contributed by atoms with Gasteiger partial charge in [0, 0.05) is 20.6 Å². The van der Waals surface area contributed by atoms with Gasteiger partial charge in [-0.15, -0.1) is 0 Å². The van der Waals surface area contributed by atoms with Crippen molar-refractivity contribution in [3.8, 4) is 0 Å². The van der Waals surface area contributed by atoms with Crippen molar-refractivity contribution in [3.05, 3.63) is 70.0 Å². The van der Waals surface area contributed by atoms with Crippen molar-refractivity contribution < 1.29 is 26.3 Å². The summed E-state index contributed by atoms with van der Waals surface area (Å²) < 4.78 is 80.1. The van der Waals surface area contributed by atoms with Crippen molar-refractivity contribution in [1.29, 1.82) is 0 Å². The fraction of sp³-hybridized carbons (Fsp3) is 0.100. The summed E-state index contributed by atoms with van der Waals surface area (Å²) in [5.41, 5.74) is -2.41. The second kappa shape index (κ2) is 8.48. The number of halogens is 8. The first-order valence-electron chi connectivity index (χ1n) is 8.62. The zero-order valence-electron chi connectivity index (χ0n) is 15.4. The van der Waals surface area contributed by atoms with E-state index in [2.05, 4.69) is 9.97 Å². The van der Waals surface area contributed by atoms with Gasteiger partial charge in [-0.05, 0) is 24.3 Å². The van der Waals surface area contributed by atoms with Crippen molar-refractivity contribution in [1.82, 2.24) is 9.97 Å². The number of benzene rings is 2. The largest absolute Gasteiger partial charge is 0.433 e. The van der Waals surface area contributed by atoms with Crippen LogP contribution in [-0.4, -0.2) is 9.97 Å². The maximum Gasteiger partial charge on any atom is 0.433 e. The Morgan fingerprint density at radius 1 is 0.625 bits per heavy atom. The third kappa shape index (κ3) is 4.59. The smallest absolute Gasteiger partial charge is 0.242 e. The summed E-state index contributed by atoms with van der Waals surface area (Å²) in [6.45, 7) is 0. The van der Waals surface area contributed by atoms with E-state index in [1.54, 1.807) is 24.3 Å². The fourth-order valence-electron chi connectivity index (χ4n) is 2.88. The molecule has 0 amide bonds. The molecule has 0 radical (unpaired) electrons. The van der Waals surface area contributed by atoms with E-state index in [-0.39, 0.29) is 30.9 Å². The van der Waals surface area contributed by atoms with Crippen LogP contribution in [0.25, 0.3) is 21.8 Å². The van der Waals surface area contributed by atoms with E-state index in [4.69, 9.17) is 23.2 Å². The molecule has 2 aromatic heterocycles. The van der Waals surface area contributed by atoms with Crippen molar-refractivity contribution in [2.75, 3.05) is 0 Å². The van der Waals surface area contributed by atoms with Crippen LogP contribution in [0, 0.1) is 0 Å². The molecule has 0 saturated carbocycles. The molecule has 0 bridgehead atoms. The number of nitrogens with zero attached hydrogens (tertiary/aromatic N) is 2. The van der Waals surface area contributed by atoms with Crippen molar-refractivity contribution in [3.63, 3.8) is 0 Å². The molecule has 0 aliphatic carbocycles. The lowest BCUT2D eigenvalue weighted by Crippen LogP contribution is -2.08. The van der Waals surface area contributed by atoms with Crippen LogP contribution in [-0.2, 0) is 12.4 Å². The normalized spacial score (nSPS) is 12.6. The van der Waals surface area contributed by atoms with E-state index in [1.807, 2.05) is 0 Å². The zero-order chi connectivity index (χ0) is 23.3. The molecule has 0 aliphatic rings. The first-order valence-corrected chi connectivity index (χ1v) is 11.5. The second-order valence-electron chi connectivity index (χ2n) is 6.45. The van der Waals surface area contributed by atoms with Crippen LogP contribution in [0.3, 0.4) is 0 Å². The standard InChI is InChI=1S/C20H8Cl2F6N2S2/c21-11-5-1-3-9-13(7-15(19(23,24)25)29-17(9)11)31-32-14-8-16(20(26,27)28)30-18-10(14)4-2-6-12(18)22/h1-8H. The van der Waals surface area contributed by atoms with Gasteiger partial charge < -0.3 is 0 Å². The number of aromatic nitrogens is 2. The highest BCUT2D eigenvalue weighted by molar-refractivity contribution is 8.76. The first kappa shape index (κ1) is 23.3. The van der Waals surface area contributed by atoms with E-state index in [9.17, 15) is 26.3 Å². The minimum Gasteiger partial charge on any atom is -0.242 e. The fourth-order valence-corrected chi connectivity index (χ4v) is 5.69. The Bertz CT molecular complexity index is 1240. The number of para-hydroxylation sites is 2. The van der Waals surface area contributed by atoms with Crippen LogP contribution in [0.1, 0.15) is 11.4 Å². The van der Waals surface area contributed by atoms with E-state index < -0.39 is 23.7 Å². The number of pyridine rings is 2. The maximum absolute atomic E-state index is 13.4. The maximum atomic E-state index is 13.4. The van der Waals surface area contributed by atoms with Gasteiger partial charge in [0.05, 0.1) is 21.1 Å². The quantitative estimate of drug-likeness (QED) is 0.197. The summed E-state index contributed by atoms with van der Waals surface area (Å²) in [7, 11) is 1.72. The molecule has 0 fully saturated rings. The Morgan fingerprint density at radius 3 is 1.34 bits per heavy atom. The third-order valence-corrected chi connectivity index (χ3v) is 7.36. The van der Waals surface area contributed by atoms with Crippen LogP contribution in [0.2, 0.25) is 10.0 Å². The van der Waals surface area contributed by atoms with Gasteiger partial charge in [-0.25, -0.2) is 9.97 Å². The van der Waals surface area contributed by atoms with E-state index in [0.29, 0.717) is 10.8 Å². The van der Waals surface area contributed by atoms with E-state index in [1.165, 1.54) is 12.1 Å². The summed E-state index contributed by atoms with van der Waals surface area (Å²) in [6, 6.07) is 10.7. The summed E-state index contributed by atoms with van der Waals surface area (Å²) in [5.74, 6) is 0. The van der Waals surface area contributed by atoms with Gasteiger partial charge in [0.1, 0.15) is 11.4 Å². The lowest BCUT2D eigenvalue weighted by atomic mass is 10.2. The Balaban J connectivity index is 1.84. The molecule has 0 aliphatic heterocycles. The lowest BCUT2D eigenvalue weighted by Gasteiger charge is -2.14. The van der Waals surface area contributed by atoms with Gasteiger partial charge in [0.15, 0.2) is 0 Å². The molecule has 2 nitrogen and oxygen atoms in total. The number of alkyl halides is 6. The van der Waals surface area contributed by atoms with Gasteiger partial charge in [-0.3, -0.25) is 0 Å². The molecule has 2 heterocycles. The molecule has 166 valence electrons. The number of hydrogen-bond acceptors (Lipinski definition) is 4.